The molecule has 0 spiro atoms. The molecule has 110 valence electrons. The second kappa shape index (κ2) is 7.84. The third kappa shape index (κ3) is 4.80. The van der Waals surface area contributed by atoms with Crippen molar-refractivity contribution in [3.63, 3.8) is 0 Å². The quantitative estimate of drug-likeness (QED) is 0.817. The number of carbonyl (C=O) groups excluding carboxylic acids is 2. The van der Waals surface area contributed by atoms with Gasteiger partial charge in [0.05, 0.1) is 0 Å². The van der Waals surface area contributed by atoms with E-state index in [0.29, 0.717) is 18.1 Å². The lowest BCUT2D eigenvalue weighted by Gasteiger charge is -2.20. The molecule has 2 rings (SSSR count). The molecule has 1 aromatic heterocycles. The molecule has 2 heterocycles. The lowest BCUT2D eigenvalue weighted by atomic mass is 10.2. The Morgan fingerprint density at radius 1 is 1.40 bits per heavy atom. The number of hydrogen-bond donors (Lipinski definition) is 2. The van der Waals surface area contributed by atoms with Gasteiger partial charge in [-0.2, -0.15) is 0 Å². The second-order valence-electron chi connectivity index (χ2n) is 4.76. The molecule has 2 N–H and O–H groups in total. The van der Waals surface area contributed by atoms with Crippen LogP contribution in [0.15, 0.2) is 11.6 Å². The van der Waals surface area contributed by atoms with E-state index in [1.54, 1.807) is 11.6 Å². The number of thiazole rings is 1. The van der Waals surface area contributed by atoms with Crippen LogP contribution in [-0.4, -0.2) is 41.5 Å². The zero-order chi connectivity index (χ0) is 14.2. The van der Waals surface area contributed by atoms with Crippen LogP contribution in [0.5, 0.6) is 0 Å². The summed E-state index contributed by atoms with van der Waals surface area (Å²) in [6.45, 7) is 2.13. The molecule has 6 nitrogen and oxygen atoms in total. The minimum absolute atomic E-state index is 0.245. The van der Waals surface area contributed by atoms with Gasteiger partial charge in [-0.15, -0.1) is 11.3 Å². The number of hydrogen-bond acceptors (Lipinski definition) is 4. The van der Waals surface area contributed by atoms with Gasteiger partial charge in [0.25, 0.3) is 0 Å². The van der Waals surface area contributed by atoms with Gasteiger partial charge < -0.3 is 10.2 Å². The Balaban J connectivity index is 1.60. The molecular weight excluding hydrogens is 276 g/mol. The normalized spacial score (nSPS) is 15.8. The fourth-order valence-corrected chi connectivity index (χ4v) is 2.70. The van der Waals surface area contributed by atoms with E-state index in [9.17, 15) is 9.59 Å². The summed E-state index contributed by atoms with van der Waals surface area (Å²) >= 11 is 1.38. The van der Waals surface area contributed by atoms with E-state index in [2.05, 4.69) is 15.6 Å². The lowest BCUT2D eigenvalue weighted by molar-refractivity contribution is -0.130. The van der Waals surface area contributed by atoms with Crippen molar-refractivity contribution in [2.24, 2.45) is 0 Å². The van der Waals surface area contributed by atoms with Crippen LogP contribution in [0.1, 0.15) is 32.1 Å². The highest BCUT2D eigenvalue weighted by Crippen LogP contribution is 2.11. The maximum absolute atomic E-state index is 11.8. The molecule has 0 aromatic carbocycles. The number of urea groups is 1. The van der Waals surface area contributed by atoms with Crippen molar-refractivity contribution in [2.45, 2.75) is 32.1 Å². The van der Waals surface area contributed by atoms with E-state index in [4.69, 9.17) is 0 Å². The van der Waals surface area contributed by atoms with Crippen molar-refractivity contribution in [3.8, 4) is 0 Å². The van der Waals surface area contributed by atoms with Crippen molar-refractivity contribution in [1.82, 2.24) is 15.2 Å². The Morgan fingerprint density at radius 3 is 3.10 bits per heavy atom. The summed E-state index contributed by atoms with van der Waals surface area (Å²) in [5.74, 6) is 0.245. The van der Waals surface area contributed by atoms with E-state index in [-0.39, 0.29) is 11.9 Å². The predicted molar refractivity (Wildman–Crippen MR) is 78.8 cm³/mol. The van der Waals surface area contributed by atoms with Crippen LogP contribution in [0.4, 0.5) is 9.93 Å². The first-order valence-electron chi connectivity index (χ1n) is 6.98. The highest BCUT2D eigenvalue weighted by atomic mass is 32.1. The van der Waals surface area contributed by atoms with Crippen LogP contribution in [0, 0.1) is 0 Å². The number of nitrogens with one attached hydrogen (secondary N) is 2. The average Bonchev–Trinajstić information content (AvgIpc) is 2.84. The molecule has 1 aliphatic heterocycles. The first kappa shape index (κ1) is 14.8. The topological polar surface area (TPSA) is 74.3 Å². The fraction of sp³-hybridized carbons (Fsp3) is 0.615. The number of carbonyl (C=O) groups is 2. The van der Waals surface area contributed by atoms with Gasteiger partial charge in [-0.3, -0.25) is 10.1 Å². The minimum Gasteiger partial charge on any atom is -0.343 e. The summed E-state index contributed by atoms with van der Waals surface area (Å²) in [5.41, 5.74) is 0. The molecule has 0 bridgehead atoms. The third-order valence-corrected chi connectivity index (χ3v) is 3.90. The first-order chi connectivity index (χ1) is 9.75. The summed E-state index contributed by atoms with van der Waals surface area (Å²) < 4.78 is 0. The van der Waals surface area contributed by atoms with Gasteiger partial charge in [-0.1, -0.05) is 6.42 Å². The van der Waals surface area contributed by atoms with Gasteiger partial charge >= 0.3 is 6.03 Å². The molecule has 7 heteroatoms. The van der Waals surface area contributed by atoms with Gasteiger partial charge in [-0.05, 0) is 19.3 Å². The zero-order valence-corrected chi connectivity index (χ0v) is 12.2. The molecule has 0 aliphatic carbocycles. The number of likely N-dealkylation sites (tertiary alicyclic amines) is 1. The van der Waals surface area contributed by atoms with Crippen molar-refractivity contribution < 1.29 is 9.59 Å². The summed E-state index contributed by atoms with van der Waals surface area (Å²) in [6.07, 6.45) is 6.31. The van der Waals surface area contributed by atoms with Crippen molar-refractivity contribution >= 4 is 28.4 Å². The third-order valence-electron chi connectivity index (χ3n) is 3.21. The molecule has 3 amide bonds. The van der Waals surface area contributed by atoms with Crippen molar-refractivity contribution in [1.29, 1.82) is 0 Å². The molecule has 20 heavy (non-hydrogen) atoms. The zero-order valence-electron chi connectivity index (χ0n) is 11.4. The smallest absolute Gasteiger partial charge is 0.321 e. The number of nitrogens with zero attached hydrogens (tertiary/aromatic N) is 2. The van der Waals surface area contributed by atoms with E-state index >= 15 is 0 Å². The molecule has 1 saturated heterocycles. The summed E-state index contributed by atoms with van der Waals surface area (Å²) in [5, 5.41) is 7.82. The lowest BCUT2D eigenvalue weighted by Crippen LogP contribution is -2.35. The first-order valence-corrected chi connectivity index (χ1v) is 7.86. The van der Waals surface area contributed by atoms with Crippen LogP contribution in [-0.2, 0) is 4.79 Å². The number of rotatable bonds is 5. The van der Waals surface area contributed by atoms with Crippen molar-refractivity contribution in [2.75, 3.05) is 25.0 Å². The Morgan fingerprint density at radius 2 is 2.30 bits per heavy atom. The number of anilines is 1. The summed E-state index contributed by atoms with van der Waals surface area (Å²) in [4.78, 5) is 29.2. The highest BCUT2D eigenvalue weighted by molar-refractivity contribution is 7.13. The van der Waals surface area contributed by atoms with Gasteiger partial charge in [0.15, 0.2) is 5.13 Å². The van der Waals surface area contributed by atoms with E-state index in [1.807, 2.05) is 4.90 Å². The Hall–Kier alpha value is -1.63. The van der Waals surface area contributed by atoms with E-state index < -0.39 is 0 Å². The van der Waals surface area contributed by atoms with Crippen LogP contribution in [0.3, 0.4) is 0 Å². The van der Waals surface area contributed by atoms with Crippen LogP contribution in [0.25, 0.3) is 0 Å². The fourth-order valence-electron chi connectivity index (χ4n) is 2.17. The maximum Gasteiger partial charge on any atom is 0.321 e. The summed E-state index contributed by atoms with van der Waals surface area (Å²) in [6, 6.07) is -0.248. The molecule has 1 aliphatic rings. The van der Waals surface area contributed by atoms with Gasteiger partial charge in [-0.25, -0.2) is 9.78 Å². The molecule has 0 radical (unpaired) electrons. The molecule has 1 aromatic rings. The SMILES string of the molecule is O=C(NCCCN1CCCCCC1=O)Nc1nccs1. The van der Waals surface area contributed by atoms with E-state index in [1.165, 1.54) is 11.3 Å². The molecule has 1 fully saturated rings. The van der Waals surface area contributed by atoms with Crippen LogP contribution >= 0.6 is 11.3 Å². The van der Waals surface area contributed by atoms with Crippen molar-refractivity contribution in [3.05, 3.63) is 11.6 Å². The minimum atomic E-state index is -0.248. The average molecular weight is 296 g/mol. The van der Waals surface area contributed by atoms with Crippen LogP contribution < -0.4 is 10.6 Å². The molecule has 0 unspecified atom stereocenters. The van der Waals surface area contributed by atoms with Gasteiger partial charge in [0, 0.05) is 37.6 Å². The molecule has 0 atom stereocenters. The highest BCUT2D eigenvalue weighted by Gasteiger charge is 2.15. The Kier molecular flexibility index (Phi) is 5.79. The summed E-state index contributed by atoms with van der Waals surface area (Å²) in [7, 11) is 0. The Bertz CT molecular complexity index is 436. The van der Waals surface area contributed by atoms with Crippen LogP contribution in [0.2, 0.25) is 0 Å². The maximum atomic E-state index is 11.8. The van der Waals surface area contributed by atoms with Gasteiger partial charge in [0.2, 0.25) is 5.91 Å². The van der Waals surface area contributed by atoms with E-state index in [0.717, 1.165) is 38.8 Å². The molecule has 0 saturated carbocycles. The Labute approximate surface area is 122 Å². The monoisotopic (exact) mass is 296 g/mol. The van der Waals surface area contributed by atoms with Gasteiger partial charge in [0.1, 0.15) is 0 Å². The number of amides is 3. The second-order valence-corrected chi connectivity index (χ2v) is 5.66. The standard InChI is InChI=1S/C13H20N4O2S/c18-11-5-2-1-3-8-17(11)9-4-6-14-12(19)16-13-15-7-10-20-13/h7,10H,1-6,8-9H2,(H2,14,15,16,19). The largest absolute Gasteiger partial charge is 0.343 e. The number of aromatic nitrogens is 1. The predicted octanol–water partition coefficient (Wildman–Crippen LogP) is 2.06. The molecular formula is C13H20N4O2S.